The van der Waals surface area contributed by atoms with Crippen LogP contribution in [0.15, 0.2) is 60.2 Å². The van der Waals surface area contributed by atoms with Gasteiger partial charge in [-0.2, -0.15) is 5.10 Å². The van der Waals surface area contributed by atoms with Crippen LogP contribution in [0.5, 0.6) is 0 Å². The summed E-state index contributed by atoms with van der Waals surface area (Å²) in [6, 6.07) is 12.2. The van der Waals surface area contributed by atoms with Gasteiger partial charge in [0, 0.05) is 29.3 Å². The first kappa shape index (κ1) is 15.8. The Morgan fingerprint density at radius 1 is 1.28 bits per heavy atom. The topological polar surface area (TPSA) is 38.1 Å². The van der Waals surface area contributed by atoms with Crippen LogP contribution < -0.4 is 0 Å². The summed E-state index contributed by atoms with van der Waals surface area (Å²) in [7, 11) is 0. The average Bonchev–Trinajstić information content (AvgIpc) is 3.30. The highest BCUT2D eigenvalue weighted by Crippen LogP contribution is 2.32. The summed E-state index contributed by atoms with van der Waals surface area (Å²) >= 11 is 1.79. The van der Waals surface area contributed by atoms with Crippen molar-refractivity contribution in [1.82, 2.24) is 14.7 Å². The predicted octanol–water partition coefficient (Wildman–Crippen LogP) is 4.09. The van der Waals surface area contributed by atoms with Gasteiger partial charge in [-0.1, -0.05) is 18.2 Å². The summed E-state index contributed by atoms with van der Waals surface area (Å²) in [6.45, 7) is 2.88. The van der Waals surface area contributed by atoms with E-state index in [0.29, 0.717) is 0 Å². The molecule has 1 aliphatic heterocycles. The molecule has 3 aromatic rings. The van der Waals surface area contributed by atoms with Crippen molar-refractivity contribution in [2.24, 2.45) is 0 Å². The average molecular weight is 349 g/mol. The van der Waals surface area contributed by atoms with E-state index in [1.54, 1.807) is 23.6 Å². The SMILES string of the molecule is CC1c2ccsc2CCN1C(=O)/C=C/c1cnn(-c2ccccc2)c1. The van der Waals surface area contributed by atoms with E-state index >= 15 is 0 Å². The molecule has 126 valence electrons. The number of hydrogen-bond donors (Lipinski definition) is 0. The Kier molecular flexibility index (Phi) is 4.24. The molecule has 0 saturated heterocycles. The van der Waals surface area contributed by atoms with Crippen molar-refractivity contribution in [3.63, 3.8) is 0 Å². The quantitative estimate of drug-likeness (QED) is 0.668. The summed E-state index contributed by atoms with van der Waals surface area (Å²) in [6.07, 6.45) is 8.14. The van der Waals surface area contributed by atoms with Crippen molar-refractivity contribution < 1.29 is 4.79 Å². The van der Waals surface area contributed by atoms with Crippen molar-refractivity contribution in [2.75, 3.05) is 6.54 Å². The number of aromatic nitrogens is 2. The lowest BCUT2D eigenvalue weighted by Gasteiger charge is -2.32. The van der Waals surface area contributed by atoms with Crippen LogP contribution >= 0.6 is 11.3 Å². The number of fused-ring (bicyclic) bond motifs is 1. The fourth-order valence-electron chi connectivity index (χ4n) is 3.22. The van der Waals surface area contributed by atoms with E-state index in [0.717, 1.165) is 24.2 Å². The van der Waals surface area contributed by atoms with Crippen molar-refractivity contribution in [3.05, 3.63) is 76.3 Å². The van der Waals surface area contributed by atoms with E-state index in [1.165, 1.54) is 10.4 Å². The molecule has 5 heteroatoms. The summed E-state index contributed by atoms with van der Waals surface area (Å²) in [5.41, 5.74) is 3.20. The fourth-order valence-corrected chi connectivity index (χ4v) is 4.18. The van der Waals surface area contributed by atoms with Gasteiger partial charge in [0.25, 0.3) is 0 Å². The molecule has 0 fully saturated rings. The van der Waals surface area contributed by atoms with Gasteiger partial charge in [0.1, 0.15) is 0 Å². The maximum Gasteiger partial charge on any atom is 0.247 e. The lowest BCUT2D eigenvalue weighted by Crippen LogP contribution is -2.37. The standard InChI is InChI=1S/C20H19N3OS/c1-15-18-10-12-25-19(18)9-11-22(15)20(24)8-7-16-13-21-23(14-16)17-5-3-2-4-6-17/h2-8,10,12-15H,9,11H2,1H3/b8-7+. The molecule has 1 atom stereocenters. The number of carbonyl (C=O) groups is 1. The van der Waals surface area contributed by atoms with Crippen LogP contribution in [0.3, 0.4) is 0 Å². The van der Waals surface area contributed by atoms with Crippen LogP contribution in [0, 0.1) is 0 Å². The van der Waals surface area contributed by atoms with Crippen LogP contribution in [0.1, 0.15) is 29.0 Å². The second-order valence-corrected chi connectivity index (χ2v) is 7.14. The molecule has 4 nitrogen and oxygen atoms in total. The highest BCUT2D eigenvalue weighted by molar-refractivity contribution is 7.10. The number of rotatable bonds is 3. The van der Waals surface area contributed by atoms with E-state index in [9.17, 15) is 4.79 Å². The second-order valence-electron chi connectivity index (χ2n) is 6.14. The van der Waals surface area contributed by atoms with E-state index in [1.807, 2.05) is 52.2 Å². The molecular weight excluding hydrogens is 330 g/mol. The summed E-state index contributed by atoms with van der Waals surface area (Å²) in [5.74, 6) is 0.0526. The first-order valence-electron chi connectivity index (χ1n) is 8.37. The number of para-hydroxylation sites is 1. The van der Waals surface area contributed by atoms with Gasteiger partial charge in [0.2, 0.25) is 5.91 Å². The molecule has 0 bridgehead atoms. The van der Waals surface area contributed by atoms with Gasteiger partial charge in [-0.05, 0) is 48.6 Å². The van der Waals surface area contributed by atoms with E-state index in [-0.39, 0.29) is 11.9 Å². The zero-order chi connectivity index (χ0) is 17.2. The van der Waals surface area contributed by atoms with Crippen LogP contribution in [0.25, 0.3) is 11.8 Å². The van der Waals surface area contributed by atoms with Gasteiger partial charge in [-0.25, -0.2) is 4.68 Å². The fraction of sp³-hybridized carbons (Fsp3) is 0.200. The Labute approximate surface area is 151 Å². The minimum absolute atomic E-state index is 0.0526. The third-order valence-electron chi connectivity index (χ3n) is 4.60. The number of thiophene rings is 1. The number of benzene rings is 1. The van der Waals surface area contributed by atoms with Gasteiger partial charge in [-0.15, -0.1) is 11.3 Å². The van der Waals surface area contributed by atoms with Gasteiger partial charge < -0.3 is 4.90 Å². The molecule has 0 spiro atoms. The van der Waals surface area contributed by atoms with Gasteiger partial charge in [0.15, 0.2) is 0 Å². The van der Waals surface area contributed by atoms with Crippen molar-refractivity contribution in [3.8, 4) is 5.69 Å². The maximum absolute atomic E-state index is 12.6. The van der Waals surface area contributed by atoms with Gasteiger partial charge in [-0.3, -0.25) is 4.79 Å². The van der Waals surface area contributed by atoms with Crippen LogP contribution in [-0.4, -0.2) is 27.1 Å². The Balaban J connectivity index is 1.47. The summed E-state index contributed by atoms with van der Waals surface area (Å²) in [4.78, 5) is 16.0. The number of amides is 1. The zero-order valence-corrected chi connectivity index (χ0v) is 14.8. The summed E-state index contributed by atoms with van der Waals surface area (Å²) < 4.78 is 1.81. The van der Waals surface area contributed by atoms with Crippen LogP contribution in [0.2, 0.25) is 0 Å². The highest BCUT2D eigenvalue weighted by atomic mass is 32.1. The number of nitrogens with zero attached hydrogens (tertiary/aromatic N) is 3. The van der Waals surface area contributed by atoms with Gasteiger partial charge >= 0.3 is 0 Å². The molecule has 1 amide bonds. The number of carbonyl (C=O) groups excluding carboxylic acids is 1. The molecule has 25 heavy (non-hydrogen) atoms. The minimum atomic E-state index is 0.0526. The first-order chi connectivity index (χ1) is 12.2. The molecule has 4 rings (SSSR count). The largest absolute Gasteiger partial charge is 0.332 e. The molecular formula is C20H19N3OS. The molecule has 0 saturated carbocycles. The Morgan fingerprint density at radius 2 is 2.12 bits per heavy atom. The zero-order valence-electron chi connectivity index (χ0n) is 14.0. The smallest absolute Gasteiger partial charge is 0.247 e. The molecule has 1 aliphatic rings. The highest BCUT2D eigenvalue weighted by Gasteiger charge is 2.26. The molecule has 0 N–H and O–H groups in total. The Morgan fingerprint density at radius 3 is 2.96 bits per heavy atom. The maximum atomic E-state index is 12.6. The lowest BCUT2D eigenvalue weighted by molar-refractivity contribution is -0.128. The van der Waals surface area contributed by atoms with Crippen molar-refractivity contribution >= 4 is 23.3 Å². The lowest BCUT2D eigenvalue weighted by atomic mass is 10.0. The summed E-state index contributed by atoms with van der Waals surface area (Å²) in [5, 5.41) is 6.47. The van der Waals surface area contributed by atoms with Crippen LogP contribution in [-0.2, 0) is 11.2 Å². The van der Waals surface area contributed by atoms with Gasteiger partial charge in [0.05, 0.1) is 17.9 Å². The molecule has 1 aromatic carbocycles. The monoisotopic (exact) mass is 349 g/mol. The van der Waals surface area contributed by atoms with E-state index in [4.69, 9.17) is 0 Å². The molecule has 1 unspecified atom stereocenters. The van der Waals surface area contributed by atoms with Crippen molar-refractivity contribution in [1.29, 1.82) is 0 Å². The normalized spacial score (nSPS) is 17.0. The third-order valence-corrected chi connectivity index (χ3v) is 5.60. The predicted molar refractivity (Wildman–Crippen MR) is 101 cm³/mol. The van der Waals surface area contributed by atoms with Crippen molar-refractivity contribution in [2.45, 2.75) is 19.4 Å². The first-order valence-corrected chi connectivity index (χ1v) is 9.25. The van der Waals surface area contributed by atoms with Crippen LogP contribution in [0.4, 0.5) is 0 Å². The molecule has 0 aliphatic carbocycles. The molecule has 2 aromatic heterocycles. The second kappa shape index (κ2) is 6.69. The molecule has 3 heterocycles. The minimum Gasteiger partial charge on any atom is -0.332 e. The Hall–Kier alpha value is -2.66. The molecule has 0 radical (unpaired) electrons. The number of hydrogen-bond acceptors (Lipinski definition) is 3. The van der Waals surface area contributed by atoms with E-state index < -0.39 is 0 Å². The van der Waals surface area contributed by atoms with E-state index in [2.05, 4.69) is 23.5 Å². The third kappa shape index (κ3) is 3.15. The Bertz CT molecular complexity index is 910.